The average Bonchev–Trinajstić information content (AvgIpc) is 2.43. The third-order valence-corrected chi connectivity index (χ3v) is 3.93. The van der Waals surface area contributed by atoms with Crippen molar-refractivity contribution in [2.24, 2.45) is 0 Å². The maximum atomic E-state index is 12.2. The molecule has 2 nitrogen and oxygen atoms in total. The lowest BCUT2D eigenvalue weighted by atomic mass is 10.1. The molecule has 0 saturated carbocycles. The Morgan fingerprint density at radius 3 is 2.60 bits per heavy atom. The van der Waals surface area contributed by atoms with Crippen LogP contribution in [0.2, 0.25) is 0 Å². The Labute approximate surface area is 133 Å². The van der Waals surface area contributed by atoms with Crippen LogP contribution in [-0.4, -0.2) is 11.2 Å². The zero-order valence-corrected chi connectivity index (χ0v) is 13.6. The number of hydrogen-bond acceptors (Lipinski definition) is 2. The molecule has 4 heteroatoms. The molecule has 1 N–H and O–H groups in total. The maximum absolute atomic E-state index is 12.2. The van der Waals surface area contributed by atoms with Crippen LogP contribution in [0, 0.1) is 6.92 Å². The molecule has 0 radical (unpaired) electrons. The number of nitrogens with one attached hydrogen (secondary N) is 1. The van der Waals surface area contributed by atoms with Crippen molar-refractivity contribution in [1.82, 2.24) is 0 Å². The van der Waals surface area contributed by atoms with Crippen molar-refractivity contribution in [3.8, 4) is 0 Å². The van der Waals surface area contributed by atoms with E-state index in [1.54, 1.807) is 0 Å². The molecule has 0 aromatic heterocycles. The molecule has 2 aromatic rings. The molecule has 104 valence electrons. The Hall–Kier alpha value is -1.26. The van der Waals surface area contributed by atoms with Crippen LogP contribution in [0.25, 0.3) is 0 Å². The highest BCUT2D eigenvalue weighted by atomic mass is 79.9. The van der Waals surface area contributed by atoms with Crippen LogP contribution in [0.15, 0.2) is 53.0 Å². The average molecular weight is 350 g/mol. The molecule has 2 rings (SSSR count). The predicted molar refractivity (Wildman–Crippen MR) is 90.4 cm³/mol. The summed E-state index contributed by atoms with van der Waals surface area (Å²) in [5.41, 5.74) is 2.95. The van der Waals surface area contributed by atoms with E-state index in [0.717, 1.165) is 21.3 Å². The van der Waals surface area contributed by atoms with E-state index in [1.165, 1.54) is 0 Å². The van der Waals surface area contributed by atoms with Gasteiger partial charge in [-0.05, 0) is 42.7 Å². The van der Waals surface area contributed by atoms with Crippen molar-refractivity contribution >= 4 is 40.2 Å². The molecule has 0 aliphatic heterocycles. The maximum Gasteiger partial charge on any atom is 0.237 e. The van der Waals surface area contributed by atoms with Crippen LogP contribution in [-0.2, 0) is 11.2 Å². The number of carbonyl (C=O) groups excluding carboxylic acids is 1. The normalized spacial score (nSPS) is 11.9. The van der Waals surface area contributed by atoms with Gasteiger partial charge in [0.15, 0.2) is 0 Å². The van der Waals surface area contributed by atoms with E-state index < -0.39 is 0 Å². The summed E-state index contributed by atoms with van der Waals surface area (Å²) < 4.78 is 1.000. The molecule has 1 unspecified atom stereocenters. The first kappa shape index (κ1) is 15.1. The van der Waals surface area contributed by atoms with E-state index in [0.29, 0.717) is 6.42 Å². The van der Waals surface area contributed by atoms with Crippen LogP contribution in [0.1, 0.15) is 11.1 Å². The molecular weight excluding hydrogens is 334 g/mol. The summed E-state index contributed by atoms with van der Waals surface area (Å²) in [6.07, 6.45) is 0.616. The first-order chi connectivity index (χ1) is 9.56. The first-order valence-electron chi connectivity index (χ1n) is 6.35. The molecule has 0 saturated heterocycles. The Morgan fingerprint density at radius 1 is 1.25 bits per heavy atom. The van der Waals surface area contributed by atoms with Crippen LogP contribution < -0.4 is 5.32 Å². The number of amides is 1. The van der Waals surface area contributed by atoms with Crippen molar-refractivity contribution in [2.75, 3.05) is 5.32 Å². The second-order valence-electron chi connectivity index (χ2n) is 4.65. The van der Waals surface area contributed by atoms with Gasteiger partial charge in [-0.1, -0.05) is 46.3 Å². The quantitative estimate of drug-likeness (QED) is 0.794. The first-order valence-corrected chi connectivity index (χ1v) is 7.66. The number of carbonyl (C=O) groups is 1. The number of halogens is 1. The van der Waals surface area contributed by atoms with Gasteiger partial charge in [0.05, 0.1) is 5.25 Å². The molecule has 0 spiro atoms. The molecule has 20 heavy (non-hydrogen) atoms. The van der Waals surface area contributed by atoms with Gasteiger partial charge < -0.3 is 5.32 Å². The van der Waals surface area contributed by atoms with Crippen LogP contribution in [0.3, 0.4) is 0 Å². The van der Waals surface area contributed by atoms with E-state index in [4.69, 9.17) is 0 Å². The highest BCUT2D eigenvalue weighted by Crippen LogP contribution is 2.21. The SMILES string of the molecule is Cc1cc(Br)ccc1NC(=O)C(S)Cc1ccccc1. The van der Waals surface area contributed by atoms with Gasteiger partial charge in [0.25, 0.3) is 0 Å². The molecule has 0 heterocycles. The Morgan fingerprint density at radius 2 is 1.95 bits per heavy atom. The smallest absolute Gasteiger partial charge is 0.237 e. The Balaban J connectivity index is 2.01. The zero-order chi connectivity index (χ0) is 14.5. The second-order valence-corrected chi connectivity index (χ2v) is 6.19. The number of thiol groups is 1. The largest absolute Gasteiger partial charge is 0.325 e. The van der Waals surface area contributed by atoms with E-state index in [2.05, 4.69) is 33.9 Å². The molecule has 1 atom stereocenters. The van der Waals surface area contributed by atoms with E-state index >= 15 is 0 Å². The molecule has 1 amide bonds. The van der Waals surface area contributed by atoms with Crippen LogP contribution >= 0.6 is 28.6 Å². The molecular formula is C16H16BrNOS. The summed E-state index contributed by atoms with van der Waals surface area (Å²) in [4.78, 5) is 12.2. The van der Waals surface area contributed by atoms with Crippen LogP contribution in [0.4, 0.5) is 5.69 Å². The molecule has 0 fully saturated rings. The van der Waals surface area contributed by atoms with Gasteiger partial charge in [-0.25, -0.2) is 0 Å². The number of aryl methyl sites for hydroxylation is 1. The van der Waals surface area contributed by atoms with Crippen LogP contribution in [0.5, 0.6) is 0 Å². The minimum atomic E-state index is -0.361. The summed E-state index contributed by atoms with van der Waals surface area (Å²) >= 11 is 7.81. The summed E-state index contributed by atoms with van der Waals surface area (Å²) in [5, 5.41) is 2.56. The van der Waals surface area contributed by atoms with E-state index in [9.17, 15) is 4.79 Å². The molecule has 0 aliphatic rings. The van der Waals surface area contributed by atoms with Crippen molar-refractivity contribution < 1.29 is 4.79 Å². The lowest BCUT2D eigenvalue weighted by molar-refractivity contribution is -0.115. The summed E-state index contributed by atoms with van der Waals surface area (Å²) in [6.45, 7) is 1.96. The third-order valence-electron chi connectivity index (χ3n) is 3.02. The number of benzene rings is 2. The van der Waals surface area contributed by atoms with Gasteiger partial charge in [0, 0.05) is 10.2 Å². The fourth-order valence-corrected chi connectivity index (χ4v) is 2.66. The lowest BCUT2D eigenvalue weighted by Crippen LogP contribution is -2.25. The topological polar surface area (TPSA) is 29.1 Å². The minimum absolute atomic E-state index is 0.0809. The number of rotatable bonds is 4. The lowest BCUT2D eigenvalue weighted by Gasteiger charge is -2.13. The monoisotopic (exact) mass is 349 g/mol. The molecule has 0 bridgehead atoms. The summed E-state index contributed by atoms with van der Waals surface area (Å²) in [7, 11) is 0. The molecule has 0 aliphatic carbocycles. The predicted octanol–water partition coefficient (Wildman–Crippen LogP) is 4.24. The van der Waals surface area contributed by atoms with Crippen molar-refractivity contribution in [2.45, 2.75) is 18.6 Å². The summed E-state index contributed by atoms with van der Waals surface area (Å²) in [6, 6.07) is 15.7. The van der Waals surface area contributed by atoms with Crippen molar-refractivity contribution in [1.29, 1.82) is 0 Å². The van der Waals surface area contributed by atoms with Crippen molar-refractivity contribution in [3.63, 3.8) is 0 Å². The van der Waals surface area contributed by atoms with E-state index in [1.807, 2.05) is 55.5 Å². The fourth-order valence-electron chi connectivity index (χ4n) is 1.91. The second kappa shape index (κ2) is 6.95. The Bertz CT molecular complexity index is 601. The van der Waals surface area contributed by atoms with E-state index in [-0.39, 0.29) is 11.2 Å². The third kappa shape index (κ3) is 4.12. The van der Waals surface area contributed by atoms with Gasteiger partial charge in [0.1, 0.15) is 0 Å². The van der Waals surface area contributed by atoms with Crippen molar-refractivity contribution in [3.05, 3.63) is 64.1 Å². The minimum Gasteiger partial charge on any atom is -0.325 e. The highest BCUT2D eigenvalue weighted by molar-refractivity contribution is 9.10. The van der Waals surface area contributed by atoms with Gasteiger partial charge in [-0.15, -0.1) is 0 Å². The number of hydrogen-bond donors (Lipinski definition) is 2. The zero-order valence-electron chi connectivity index (χ0n) is 11.1. The van der Waals surface area contributed by atoms with Gasteiger partial charge in [0.2, 0.25) is 5.91 Å². The Kier molecular flexibility index (Phi) is 5.26. The standard InChI is InChI=1S/C16H16BrNOS/c1-11-9-13(17)7-8-14(11)18-16(19)15(20)10-12-5-3-2-4-6-12/h2-9,15,20H,10H2,1H3,(H,18,19). The number of anilines is 1. The van der Waals surface area contributed by atoms with Gasteiger partial charge in [-0.2, -0.15) is 12.6 Å². The highest BCUT2D eigenvalue weighted by Gasteiger charge is 2.15. The van der Waals surface area contributed by atoms with Gasteiger partial charge >= 0.3 is 0 Å². The molecule has 2 aromatic carbocycles. The van der Waals surface area contributed by atoms with Gasteiger partial charge in [-0.3, -0.25) is 4.79 Å². The fraction of sp³-hybridized carbons (Fsp3) is 0.188. The summed E-state index contributed by atoms with van der Waals surface area (Å²) in [5.74, 6) is -0.0809.